The second-order valence-electron chi connectivity index (χ2n) is 5.57. The van der Waals surface area contributed by atoms with Gasteiger partial charge < -0.3 is 4.74 Å². The summed E-state index contributed by atoms with van der Waals surface area (Å²) in [6.07, 6.45) is -0.584. The zero-order valence-corrected chi connectivity index (χ0v) is 15.0. The molecule has 0 aliphatic heterocycles. The first-order chi connectivity index (χ1) is 11.2. The van der Waals surface area contributed by atoms with E-state index in [1.165, 1.54) is 0 Å². The SMILES string of the molecule is CCN(CC)C(C)OC(=O)n1c2ccccc2c2ccccc21.Cl. The number of carbonyl (C=O) groups is 1. The van der Waals surface area contributed by atoms with Crippen LogP contribution in [0.2, 0.25) is 0 Å². The first-order valence-corrected chi connectivity index (χ1v) is 8.10. The molecule has 0 saturated heterocycles. The monoisotopic (exact) mass is 346 g/mol. The Hall–Kier alpha value is -2.04. The van der Waals surface area contributed by atoms with E-state index in [2.05, 4.69) is 18.7 Å². The number of rotatable bonds is 4. The number of nitrogens with zero attached hydrogens (tertiary/aromatic N) is 2. The predicted octanol–water partition coefficient (Wildman–Crippen LogP) is 4.89. The van der Waals surface area contributed by atoms with Gasteiger partial charge in [0.2, 0.25) is 0 Å². The lowest BCUT2D eigenvalue weighted by Crippen LogP contribution is -2.37. The third-order valence-electron chi connectivity index (χ3n) is 4.36. The highest BCUT2D eigenvalue weighted by atomic mass is 35.5. The number of ether oxygens (including phenoxy) is 1. The minimum atomic E-state index is -0.332. The van der Waals surface area contributed by atoms with Crippen molar-refractivity contribution >= 4 is 40.3 Å². The average Bonchev–Trinajstić information content (AvgIpc) is 2.90. The van der Waals surface area contributed by atoms with Gasteiger partial charge in [-0.3, -0.25) is 4.90 Å². The van der Waals surface area contributed by atoms with Crippen LogP contribution in [0.3, 0.4) is 0 Å². The molecule has 128 valence electrons. The molecule has 1 unspecified atom stereocenters. The Bertz CT molecular complexity index is 786. The molecule has 0 radical (unpaired) electrons. The summed E-state index contributed by atoms with van der Waals surface area (Å²) in [5.74, 6) is 0. The highest BCUT2D eigenvalue weighted by Gasteiger charge is 2.20. The molecule has 4 nitrogen and oxygen atoms in total. The normalized spacial score (nSPS) is 12.3. The molecule has 5 heteroatoms. The number of fused-ring (bicyclic) bond motifs is 3. The van der Waals surface area contributed by atoms with Crippen molar-refractivity contribution in [1.82, 2.24) is 9.47 Å². The molecule has 0 aliphatic rings. The van der Waals surface area contributed by atoms with Crippen LogP contribution in [-0.2, 0) is 4.74 Å². The Morgan fingerprint density at radius 3 is 1.92 bits per heavy atom. The Morgan fingerprint density at radius 2 is 1.46 bits per heavy atom. The summed E-state index contributed by atoms with van der Waals surface area (Å²) < 4.78 is 7.38. The number of benzene rings is 2. The van der Waals surface area contributed by atoms with Crippen LogP contribution in [0.4, 0.5) is 4.79 Å². The molecule has 2 aromatic carbocycles. The topological polar surface area (TPSA) is 34.5 Å². The molecular formula is C19H23ClN2O2. The van der Waals surface area contributed by atoms with Crippen molar-refractivity contribution in [3.63, 3.8) is 0 Å². The van der Waals surface area contributed by atoms with Crippen molar-refractivity contribution in [2.24, 2.45) is 0 Å². The fraction of sp³-hybridized carbons (Fsp3) is 0.316. The van der Waals surface area contributed by atoms with Crippen LogP contribution in [-0.4, -0.2) is 34.9 Å². The van der Waals surface area contributed by atoms with Gasteiger partial charge in [-0.2, -0.15) is 0 Å². The second kappa shape index (κ2) is 7.69. The number of para-hydroxylation sites is 2. The van der Waals surface area contributed by atoms with Crippen LogP contribution >= 0.6 is 12.4 Å². The van der Waals surface area contributed by atoms with Gasteiger partial charge >= 0.3 is 6.09 Å². The van der Waals surface area contributed by atoms with Gasteiger partial charge in [0, 0.05) is 10.8 Å². The van der Waals surface area contributed by atoms with Crippen LogP contribution in [0.5, 0.6) is 0 Å². The van der Waals surface area contributed by atoms with Crippen molar-refractivity contribution in [3.05, 3.63) is 48.5 Å². The standard InChI is InChI=1S/C19H22N2O2.ClH/c1-4-20(5-2)14(3)23-19(22)21-17-12-8-6-10-15(17)16-11-7-9-13-18(16)21;/h6-14H,4-5H2,1-3H3;1H. The van der Waals surface area contributed by atoms with Gasteiger partial charge in [-0.05, 0) is 32.1 Å². The van der Waals surface area contributed by atoms with E-state index in [9.17, 15) is 4.79 Å². The van der Waals surface area contributed by atoms with E-state index in [4.69, 9.17) is 4.74 Å². The van der Waals surface area contributed by atoms with Crippen molar-refractivity contribution in [2.45, 2.75) is 27.0 Å². The number of hydrogen-bond acceptors (Lipinski definition) is 3. The number of carbonyl (C=O) groups excluding carboxylic acids is 1. The zero-order valence-electron chi connectivity index (χ0n) is 14.2. The molecule has 0 spiro atoms. The third-order valence-corrected chi connectivity index (χ3v) is 4.36. The van der Waals surface area contributed by atoms with Gasteiger partial charge in [-0.25, -0.2) is 9.36 Å². The smallest absolute Gasteiger partial charge is 0.420 e. The molecule has 1 heterocycles. The molecule has 0 N–H and O–H groups in total. The van der Waals surface area contributed by atoms with Gasteiger partial charge in [0.1, 0.15) is 0 Å². The van der Waals surface area contributed by atoms with E-state index in [-0.39, 0.29) is 24.7 Å². The van der Waals surface area contributed by atoms with E-state index in [1.54, 1.807) is 4.57 Å². The Balaban J connectivity index is 0.00000208. The van der Waals surface area contributed by atoms with Crippen LogP contribution in [0.1, 0.15) is 20.8 Å². The molecule has 0 amide bonds. The lowest BCUT2D eigenvalue weighted by Gasteiger charge is -2.26. The van der Waals surface area contributed by atoms with Crippen LogP contribution < -0.4 is 0 Å². The van der Waals surface area contributed by atoms with E-state index in [0.29, 0.717) is 0 Å². The fourth-order valence-corrected chi connectivity index (χ4v) is 3.13. The number of aromatic nitrogens is 1. The molecular weight excluding hydrogens is 324 g/mol. The first kappa shape index (κ1) is 18.3. The van der Waals surface area contributed by atoms with Crippen molar-refractivity contribution in [2.75, 3.05) is 13.1 Å². The molecule has 0 bridgehead atoms. The molecule has 0 aliphatic carbocycles. The predicted molar refractivity (Wildman–Crippen MR) is 101 cm³/mol. The Morgan fingerprint density at radius 1 is 1.00 bits per heavy atom. The van der Waals surface area contributed by atoms with E-state index < -0.39 is 0 Å². The Labute approximate surface area is 148 Å². The van der Waals surface area contributed by atoms with Gasteiger partial charge in [0.05, 0.1) is 11.0 Å². The Kier molecular flexibility index (Phi) is 5.86. The summed E-state index contributed by atoms with van der Waals surface area (Å²) >= 11 is 0. The van der Waals surface area contributed by atoms with Crippen molar-refractivity contribution in [3.8, 4) is 0 Å². The van der Waals surface area contributed by atoms with Crippen LogP contribution in [0.25, 0.3) is 21.8 Å². The molecule has 3 aromatic rings. The lowest BCUT2D eigenvalue weighted by molar-refractivity contribution is 0.00608. The summed E-state index contributed by atoms with van der Waals surface area (Å²) in [5.41, 5.74) is 1.76. The maximum Gasteiger partial charge on any atom is 0.420 e. The van der Waals surface area contributed by atoms with Gasteiger partial charge in [0.15, 0.2) is 6.23 Å². The zero-order chi connectivity index (χ0) is 16.4. The largest absolute Gasteiger partial charge is 0.430 e. The highest BCUT2D eigenvalue weighted by molar-refractivity contribution is 6.12. The minimum Gasteiger partial charge on any atom is -0.430 e. The average molecular weight is 347 g/mol. The lowest BCUT2D eigenvalue weighted by atomic mass is 10.2. The molecule has 1 atom stereocenters. The summed E-state index contributed by atoms with van der Waals surface area (Å²) in [6.45, 7) is 7.73. The summed E-state index contributed by atoms with van der Waals surface area (Å²) in [6, 6.07) is 15.9. The second-order valence-corrected chi connectivity index (χ2v) is 5.57. The van der Waals surface area contributed by atoms with Crippen LogP contribution in [0, 0.1) is 0 Å². The highest BCUT2D eigenvalue weighted by Crippen LogP contribution is 2.29. The molecule has 3 rings (SSSR count). The van der Waals surface area contributed by atoms with E-state index in [0.717, 1.165) is 34.9 Å². The van der Waals surface area contributed by atoms with Crippen LogP contribution in [0.15, 0.2) is 48.5 Å². The number of halogens is 1. The molecule has 24 heavy (non-hydrogen) atoms. The first-order valence-electron chi connectivity index (χ1n) is 8.10. The fourth-order valence-electron chi connectivity index (χ4n) is 3.13. The maximum atomic E-state index is 12.8. The molecule has 0 fully saturated rings. The van der Waals surface area contributed by atoms with Gasteiger partial charge in [-0.15, -0.1) is 12.4 Å². The van der Waals surface area contributed by atoms with E-state index >= 15 is 0 Å². The van der Waals surface area contributed by atoms with Crippen molar-refractivity contribution in [1.29, 1.82) is 0 Å². The third kappa shape index (κ3) is 3.12. The molecule has 1 aromatic heterocycles. The summed E-state index contributed by atoms with van der Waals surface area (Å²) in [4.78, 5) is 14.9. The summed E-state index contributed by atoms with van der Waals surface area (Å²) in [7, 11) is 0. The van der Waals surface area contributed by atoms with Gasteiger partial charge in [0.25, 0.3) is 0 Å². The quantitative estimate of drug-likeness (QED) is 0.631. The van der Waals surface area contributed by atoms with Gasteiger partial charge in [-0.1, -0.05) is 50.2 Å². The summed E-state index contributed by atoms with van der Waals surface area (Å²) in [5, 5.41) is 2.13. The minimum absolute atomic E-state index is 0. The van der Waals surface area contributed by atoms with E-state index in [1.807, 2.05) is 55.5 Å². The maximum absolute atomic E-state index is 12.8. The number of hydrogen-bond donors (Lipinski definition) is 0. The van der Waals surface area contributed by atoms with Crippen molar-refractivity contribution < 1.29 is 9.53 Å². The molecule has 0 saturated carbocycles.